The molecule has 2 aromatic rings. The van der Waals surface area contributed by atoms with Gasteiger partial charge in [-0.2, -0.15) is 0 Å². The van der Waals surface area contributed by atoms with Gasteiger partial charge in [-0.1, -0.05) is 18.2 Å². The van der Waals surface area contributed by atoms with E-state index in [1.807, 2.05) is 51.0 Å². The van der Waals surface area contributed by atoms with Crippen molar-refractivity contribution < 1.29 is 13.2 Å². The van der Waals surface area contributed by atoms with Gasteiger partial charge in [-0.15, -0.1) is 0 Å². The van der Waals surface area contributed by atoms with E-state index >= 15 is 0 Å². The predicted molar refractivity (Wildman–Crippen MR) is 96.8 cm³/mol. The molecule has 0 fully saturated rings. The number of anilines is 1. The number of hydrogen-bond acceptors (Lipinski definition) is 4. The summed E-state index contributed by atoms with van der Waals surface area (Å²) < 4.78 is 33.4. The molecule has 0 aliphatic carbocycles. The highest BCUT2D eigenvalue weighted by molar-refractivity contribution is 7.92. The van der Waals surface area contributed by atoms with Crippen LogP contribution in [0.25, 0.3) is 0 Å². The molecule has 0 aromatic heterocycles. The lowest BCUT2D eigenvalue weighted by molar-refractivity contribution is 0.242. The van der Waals surface area contributed by atoms with Gasteiger partial charge in [-0.05, 0) is 63.8 Å². The van der Waals surface area contributed by atoms with Crippen LogP contribution in [-0.4, -0.2) is 33.5 Å². The molecule has 5 nitrogen and oxygen atoms in total. The van der Waals surface area contributed by atoms with Crippen molar-refractivity contribution in [3.05, 3.63) is 54.1 Å². The summed E-state index contributed by atoms with van der Waals surface area (Å²) in [5.41, 5.74) is 1.51. The molecule has 0 aliphatic heterocycles. The lowest BCUT2D eigenvalue weighted by Gasteiger charge is -2.16. The molecule has 1 N–H and O–H groups in total. The highest BCUT2D eigenvalue weighted by atomic mass is 32.2. The first-order chi connectivity index (χ1) is 11.3. The molecule has 0 aliphatic rings. The standard InChI is InChI=1S/C18H24N2O3S/c1-14(2)23-16-9-11-17(12-10-16)24(21,22)19-18-8-6-5-7-15(18)13-20(3)4/h5-12,14,19H,13H2,1-4H3. The molecule has 130 valence electrons. The van der Waals surface area contributed by atoms with Crippen LogP contribution in [0.15, 0.2) is 53.4 Å². The minimum atomic E-state index is -3.64. The van der Waals surface area contributed by atoms with Crippen LogP contribution in [-0.2, 0) is 16.6 Å². The molecule has 0 unspecified atom stereocenters. The number of nitrogens with one attached hydrogen (secondary N) is 1. The molecule has 0 saturated heterocycles. The van der Waals surface area contributed by atoms with Crippen molar-refractivity contribution in [2.45, 2.75) is 31.4 Å². The van der Waals surface area contributed by atoms with Crippen molar-refractivity contribution >= 4 is 15.7 Å². The summed E-state index contributed by atoms with van der Waals surface area (Å²) in [6, 6.07) is 13.8. The molecule has 24 heavy (non-hydrogen) atoms. The quantitative estimate of drug-likeness (QED) is 0.834. The number of rotatable bonds is 7. The lowest BCUT2D eigenvalue weighted by Crippen LogP contribution is -2.17. The summed E-state index contributed by atoms with van der Waals surface area (Å²) in [4.78, 5) is 2.20. The Morgan fingerprint density at radius 2 is 1.67 bits per heavy atom. The fraction of sp³-hybridized carbons (Fsp3) is 0.333. The fourth-order valence-electron chi connectivity index (χ4n) is 2.27. The Hall–Kier alpha value is -2.05. The molecule has 0 amide bonds. The molecule has 0 bridgehead atoms. The Morgan fingerprint density at radius 3 is 2.25 bits per heavy atom. The van der Waals surface area contributed by atoms with Crippen LogP contribution in [0.3, 0.4) is 0 Å². The van der Waals surface area contributed by atoms with Gasteiger partial charge in [0.1, 0.15) is 5.75 Å². The van der Waals surface area contributed by atoms with E-state index in [1.165, 1.54) is 0 Å². The maximum absolute atomic E-state index is 12.6. The van der Waals surface area contributed by atoms with Gasteiger partial charge in [0.2, 0.25) is 0 Å². The lowest BCUT2D eigenvalue weighted by atomic mass is 10.2. The minimum Gasteiger partial charge on any atom is -0.491 e. The SMILES string of the molecule is CC(C)Oc1ccc(S(=O)(=O)Nc2ccccc2CN(C)C)cc1. The van der Waals surface area contributed by atoms with E-state index in [4.69, 9.17) is 4.74 Å². The first-order valence-electron chi connectivity index (χ1n) is 7.80. The summed E-state index contributed by atoms with van der Waals surface area (Å²) in [6.07, 6.45) is 0.0449. The van der Waals surface area contributed by atoms with E-state index in [9.17, 15) is 8.42 Å². The van der Waals surface area contributed by atoms with E-state index < -0.39 is 10.0 Å². The van der Waals surface area contributed by atoms with Gasteiger partial charge in [0.05, 0.1) is 16.7 Å². The smallest absolute Gasteiger partial charge is 0.261 e. The second kappa shape index (κ2) is 7.68. The van der Waals surface area contributed by atoms with Crippen LogP contribution >= 0.6 is 0 Å². The summed E-state index contributed by atoms with van der Waals surface area (Å²) in [5.74, 6) is 0.650. The summed E-state index contributed by atoms with van der Waals surface area (Å²) in [6.45, 7) is 4.50. The number of para-hydroxylation sites is 1. The maximum atomic E-state index is 12.6. The van der Waals surface area contributed by atoms with Crippen LogP contribution in [0.4, 0.5) is 5.69 Å². The van der Waals surface area contributed by atoms with Gasteiger partial charge in [-0.25, -0.2) is 8.42 Å². The summed E-state index contributed by atoms with van der Waals surface area (Å²) >= 11 is 0. The molecule has 2 aromatic carbocycles. The molecule has 0 radical (unpaired) electrons. The van der Waals surface area contributed by atoms with Gasteiger partial charge in [-0.3, -0.25) is 4.72 Å². The molecule has 0 heterocycles. The average molecular weight is 348 g/mol. The molecule has 0 spiro atoms. The largest absolute Gasteiger partial charge is 0.491 e. The fourth-order valence-corrected chi connectivity index (χ4v) is 3.37. The van der Waals surface area contributed by atoms with Crippen molar-refractivity contribution in [2.24, 2.45) is 0 Å². The van der Waals surface area contributed by atoms with Gasteiger partial charge in [0, 0.05) is 6.54 Å². The predicted octanol–water partition coefficient (Wildman–Crippen LogP) is 3.34. The van der Waals surface area contributed by atoms with Crippen molar-refractivity contribution in [3.63, 3.8) is 0 Å². The number of sulfonamides is 1. The van der Waals surface area contributed by atoms with E-state index in [-0.39, 0.29) is 11.0 Å². The molecule has 0 saturated carbocycles. The van der Waals surface area contributed by atoms with Gasteiger partial charge in [0.25, 0.3) is 10.0 Å². The molecule has 2 rings (SSSR count). The van der Waals surface area contributed by atoms with Crippen molar-refractivity contribution in [1.82, 2.24) is 4.90 Å². The Kier molecular flexibility index (Phi) is 5.85. The van der Waals surface area contributed by atoms with Crippen LogP contribution in [0.2, 0.25) is 0 Å². The van der Waals surface area contributed by atoms with Crippen LogP contribution in [0, 0.1) is 0 Å². The van der Waals surface area contributed by atoms with Crippen LogP contribution < -0.4 is 9.46 Å². The Bertz CT molecular complexity index is 769. The first-order valence-corrected chi connectivity index (χ1v) is 9.28. The van der Waals surface area contributed by atoms with Gasteiger partial charge >= 0.3 is 0 Å². The Balaban J connectivity index is 2.22. The maximum Gasteiger partial charge on any atom is 0.261 e. The van der Waals surface area contributed by atoms with Crippen molar-refractivity contribution in [2.75, 3.05) is 18.8 Å². The average Bonchev–Trinajstić information content (AvgIpc) is 2.48. The highest BCUT2D eigenvalue weighted by Crippen LogP contribution is 2.22. The second-order valence-corrected chi connectivity index (χ2v) is 7.82. The monoisotopic (exact) mass is 348 g/mol. The number of hydrogen-bond donors (Lipinski definition) is 1. The van der Waals surface area contributed by atoms with E-state index in [0.29, 0.717) is 18.0 Å². The molecule has 0 atom stereocenters. The highest BCUT2D eigenvalue weighted by Gasteiger charge is 2.16. The van der Waals surface area contributed by atoms with Crippen molar-refractivity contribution in [1.29, 1.82) is 0 Å². The van der Waals surface area contributed by atoms with Gasteiger partial charge in [0.15, 0.2) is 0 Å². The van der Waals surface area contributed by atoms with Gasteiger partial charge < -0.3 is 9.64 Å². The topological polar surface area (TPSA) is 58.6 Å². The summed E-state index contributed by atoms with van der Waals surface area (Å²) in [7, 11) is 0.245. The third-order valence-electron chi connectivity index (χ3n) is 3.25. The second-order valence-electron chi connectivity index (χ2n) is 6.14. The Labute approximate surface area is 144 Å². The van der Waals surface area contributed by atoms with E-state index in [1.54, 1.807) is 30.3 Å². The van der Waals surface area contributed by atoms with E-state index in [0.717, 1.165) is 5.56 Å². The number of benzene rings is 2. The third-order valence-corrected chi connectivity index (χ3v) is 4.64. The third kappa shape index (κ3) is 4.97. The normalized spacial score (nSPS) is 11.8. The van der Waals surface area contributed by atoms with Crippen LogP contribution in [0.5, 0.6) is 5.75 Å². The zero-order valence-electron chi connectivity index (χ0n) is 14.5. The zero-order chi connectivity index (χ0) is 17.7. The molecule has 6 heteroatoms. The summed E-state index contributed by atoms with van der Waals surface area (Å²) in [5, 5.41) is 0. The van der Waals surface area contributed by atoms with Crippen molar-refractivity contribution in [3.8, 4) is 5.75 Å². The first kappa shape index (κ1) is 18.3. The Morgan fingerprint density at radius 1 is 1.04 bits per heavy atom. The van der Waals surface area contributed by atoms with E-state index in [2.05, 4.69) is 4.72 Å². The molecular formula is C18H24N2O3S. The minimum absolute atomic E-state index is 0.0449. The molecular weight excluding hydrogens is 324 g/mol. The number of nitrogens with zero attached hydrogens (tertiary/aromatic N) is 1. The number of ether oxygens (including phenoxy) is 1. The zero-order valence-corrected chi connectivity index (χ0v) is 15.3. The van der Waals surface area contributed by atoms with Crippen LogP contribution in [0.1, 0.15) is 19.4 Å².